The first-order chi connectivity index (χ1) is 9.79. The first-order valence-electron chi connectivity index (χ1n) is 6.78. The second-order valence-electron chi connectivity index (χ2n) is 5.47. The van der Waals surface area contributed by atoms with Gasteiger partial charge in [-0.2, -0.15) is 0 Å². The van der Waals surface area contributed by atoms with Crippen molar-refractivity contribution in [2.24, 2.45) is 11.8 Å². The number of carboxylic acids is 1. The van der Waals surface area contributed by atoms with E-state index < -0.39 is 5.97 Å². The molecule has 0 aliphatic carbocycles. The minimum atomic E-state index is -0.859. The Morgan fingerprint density at radius 2 is 2.00 bits per heavy atom. The molecule has 5 nitrogen and oxygen atoms in total. The fraction of sp³-hybridized carbons (Fsp3) is 0.467. The van der Waals surface area contributed by atoms with E-state index in [1.807, 2.05) is 36.4 Å². The molecule has 0 fully saturated rings. The molecular weight excluding hydrogens is 385 g/mol. The third-order valence-electron chi connectivity index (χ3n) is 3.03. The third kappa shape index (κ3) is 6.33. The van der Waals surface area contributed by atoms with Gasteiger partial charge in [0.05, 0.1) is 3.57 Å². The van der Waals surface area contributed by atoms with E-state index in [0.717, 1.165) is 6.42 Å². The van der Waals surface area contributed by atoms with Crippen LogP contribution in [0.3, 0.4) is 0 Å². The van der Waals surface area contributed by atoms with Crippen molar-refractivity contribution in [1.29, 1.82) is 0 Å². The largest absolute Gasteiger partial charge is 0.507 e. The number of halogens is 1. The molecule has 1 aromatic carbocycles. The van der Waals surface area contributed by atoms with Crippen LogP contribution in [0.4, 0.5) is 0 Å². The molecule has 6 heteroatoms. The number of rotatable bonds is 7. The quantitative estimate of drug-likeness (QED) is 0.609. The number of phenolic OH excluding ortho intramolecular Hbond substituents is 1. The molecule has 21 heavy (non-hydrogen) atoms. The Balaban J connectivity index is 2.63. The normalized spacial score (nSPS) is 12.2. The highest BCUT2D eigenvalue weighted by atomic mass is 127. The summed E-state index contributed by atoms with van der Waals surface area (Å²) >= 11 is 1.98. The highest BCUT2D eigenvalue weighted by Crippen LogP contribution is 2.20. The zero-order chi connectivity index (χ0) is 16.0. The molecule has 0 saturated carbocycles. The van der Waals surface area contributed by atoms with Crippen LogP contribution in [0.25, 0.3) is 0 Å². The van der Waals surface area contributed by atoms with Crippen molar-refractivity contribution in [3.8, 4) is 5.75 Å². The van der Waals surface area contributed by atoms with E-state index in [0.29, 0.717) is 21.6 Å². The molecule has 1 aromatic rings. The third-order valence-corrected chi connectivity index (χ3v) is 3.94. The van der Waals surface area contributed by atoms with Crippen molar-refractivity contribution in [2.75, 3.05) is 6.54 Å². The number of phenols is 1. The first kappa shape index (κ1) is 17.7. The van der Waals surface area contributed by atoms with Crippen molar-refractivity contribution in [2.45, 2.75) is 26.7 Å². The number of amides is 1. The summed E-state index contributed by atoms with van der Waals surface area (Å²) in [6.07, 6.45) is 0.779. The number of hydrogen-bond donors (Lipinski definition) is 3. The maximum absolute atomic E-state index is 12.0. The lowest BCUT2D eigenvalue weighted by atomic mass is 9.94. The number of nitrogens with one attached hydrogen (secondary N) is 1. The van der Waals surface area contributed by atoms with E-state index in [4.69, 9.17) is 5.11 Å². The highest BCUT2D eigenvalue weighted by molar-refractivity contribution is 14.1. The number of aromatic hydroxyl groups is 1. The predicted molar refractivity (Wildman–Crippen MR) is 88.4 cm³/mol. The van der Waals surface area contributed by atoms with Crippen LogP contribution in [-0.2, 0) is 4.79 Å². The summed E-state index contributed by atoms with van der Waals surface area (Å²) in [4.78, 5) is 22.9. The molecule has 3 N–H and O–H groups in total. The topological polar surface area (TPSA) is 86.6 Å². The van der Waals surface area contributed by atoms with E-state index in [1.165, 1.54) is 6.07 Å². The van der Waals surface area contributed by atoms with Gasteiger partial charge in [-0.15, -0.1) is 0 Å². The second kappa shape index (κ2) is 8.21. The van der Waals surface area contributed by atoms with Crippen molar-refractivity contribution < 1.29 is 19.8 Å². The summed E-state index contributed by atoms with van der Waals surface area (Å²) in [5.41, 5.74) is 0.367. The van der Waals surface area contributed by atoms with Gasteiger partial charge in [-0.1, -0.05) is 13.8 Å². The molecule has 0 aromatic heterocycles. The summed E-state index contributed by atoms with van der Waals surface area (Å²) in [6, 6.07) is 4.70. The lowest BCUT2D eigenvalue weighted by molar-refractivity contribution is -0.138. The zero-order valence-electron chi connectivity index (χ0n) is 12.1. The van der Waals surface area contributed by atoms with Gasteiger partial charge >= 0.3 is 5.97 Å². The fourth-order valence-corrected chi connectivity index (χ4v) is 2.48. The van der Waals surface area contributed by atoms with Crippen LogP contribution in [0.5, 0.6) is 5.75 Å². The number of carbonyl (C=O) groups is 2. The lowest BCUT2D eigenvalue weighted by Gasteiger charge is -2.17. The molecule has 0 heterocycles. The van der Waals surface area contributed by atoms with E-state index in [2.05, 4.69) is 5.32 Å². The average Bonchev–Trinajstić information content (AvgIpc) is 2.37. The summed E-state index contributed by atoms with van der Waals surface area (Å²) in [7, 11) is 0. The van der Waals surface area contributed by atoms with Crippen molar-refractivity contribution in [3.05, 3.63) is 27.3 Å². The summed E-state index contributed by atoms with van der Waals surface area (Å²) in [5, 5.41) is 21.2. The number of aliphatic carboxylic acids is 1. The van der Waals surface area contributed by atoms with E-state index in [9.17, 15) is 14.7 Å². The number of benzene rings is 1. The molecule has 0 saturated heterocycles. The van der Waals surface area contributed by atoms with Crippen LogP contribution >= 0.6 is 22.6 Å². The van der Waals surface area contributed by atoms with E-state index in [1.54, 1.807) is 12.1 Å². The molecule has 0 aliphatic rings. The first-order valence-corrected chi connectivity index (χ1v) is 7.86. The van der Waals surface area contributed by atoms with E-state index >= 15 is 0 Å². The van der Waals surface area contributed by atoms with Gasteiger partial charge in [0, 0.05) is 18.5 Å². The molecule has 0 spiro atoms. The Kier molecular flexibility index (Phi) is 6.94. The van der Waals surface area contributed by atoms with Gasteiger partial charge in [0.1, 0.15) is 5.75 Å². The van der Waals surface area contributed by atoms with Gasteiger partial charge in [0.2, 0.25) is 0 Å². The maximum atomic E-state index is 12.0. The Labute approximate surface area is 137 Å². The van der Waals surface area contributed by atoms with Crippen LogP contribution in [0.15, 0.2) is 18.2 Å². The summed E-state index contributed by atoms with van der Waals surface area (Å²) in [5.74, 6) is -0.826. The number of carboxylic acid groups (broad SMARTS) is 1. The molecule has 0 bridgehead atoms. The lowest BCUT2D eigenvalue weighted by Crippen LogP contribution is -2.31. The van der Waals surface area contributed by atoms with Crippen LogP contribution in [0.2, 0.25) is 0 Å². The van der Waals surface area contributed by atoms with Crippen molar-refractivity contribution >= 4 is 34.5 Å². The highest BCUT2D eigenvalue weighted by Gasteiger charge is 2.17. The van der Waals surface area contributed by atoms with Crippen molar-refractivity contribution in [1.82, 2.24) is 5.32 Å². The smallest absolute Gasteiger partial charge is 0.303 e. The minimum absolute atomic E-state index is 0.0381. The summed E-state index contributed by atoms with van der Waals surface area (Å²) in [6.45, 7) is 4.36. The number of hydrogen-bond acceptors (Lipinski definition) is 3. The Hall–Kier alpha value is -1.31. The molecule has 0 aliphatic heterocycles. The maximum Gasteiger partial charge on any atom is 0.303 e. The molecular formula is C15H20INO4. The van der Waals surface area contributed by atoms with Crippen LogP contribution < -0.4 is 5.32 Å². The monoisotopic (exact) mass is 405 g/mol. The van der Waals surface area contributed by atoms with E-state index in [-0.39, 0.29) is 24.0 Å². The second-order valence-corrected chi connectivity index (χ2v) is 6.63. The van der Waals surface area contributed by atoms with Crippen molar-refractivity contribution in [3.63, 3.8) is 0 Å². The van der Waals surface area contributed by atoms with Crippen LogP contribution in [-0.4, -0.2) is 28.6 Å². The molecule has 116 valence electrons. The fourth-order valence-electron chi connectivity index (χ4n) is 2.15. The van der Waals surface area contributed by atoms with Gasteiger partial charge in [0.15, 0.2) is 0 Å². The van der Waals surface area contributed by atoms with Gasteiger partial charge in [-0.3, -0.25) is 9.59 Å². The molecule has 1 atom stereocenters. The molecule has 0 unspecified atom stereocenters. The SMILES string of the molecule is CC(C)C[C@H](CNC(=O)c1ccc(I)c(O)c1)CC(=O)O. The van der Waals surface area contributed by atoms with Gasteiger partial charge < -0.3 is 15.5 Å². The minimum Gasteiger partial charge on any atom is -0.507 e. The Morgan fingerprint density at radius 3 is 2.52 bits per heavy atom. The molecule has 1 rings (SSSR count). The Morgan fingerprint density at radius 1 is 1.33 bits per heavy atom. The Bertz CT molecular complexity index is 516. The molecule has 1 amide bonds. The standard InChI is InChI=1S/C15H20INO4/c1-9(2)5-10(6-14(19)20)8-17-15(21)11-3-4-12(16)13(18)7-11/h3-4,7,9-10,18H,5-6,8H2,1-2H3,(H,17,21)(H,19,20)/t10-/m0/s1. The predicted octanol–water partition coefficient (Wildman–Crippen LogP) is 2.86. The number of carbonyl (C=O) groups excluding carboxylic acids is 1. The molecule has 0 radical (unpaired) electrons. The van der Waals surface area contributed by atoms with Crippen LogP contribution in [0.1, 0.15) is 37.0 Å². The summed E-state index contributed by atoms with van der Waals surface area (Å²) < 4.78 is 0.674. The van der Waals surface area contributed by atoms with Crippen LogP contribution in [0, 0.1) is 15.4 Å². The van der Waals surface area contributed by atoms with Gasteiger partial charge in [-0.25, -0.2) is 0 Å². The van der Waals surface area contributed by atoms with Gasteiger partial charge in [-0.05, 0) is 59.0 Å². The average molecular weight is 405 g/mol. The zero-order valence-corrected chi connectivity index (χ0v) is 14.3. The van der Waals surface area contributed by atoms with Gasteiger partial charge in [0.25, 0.3) is 5.91 Å².